The summed E-state index contributed by atoms with van der Waals surface area (Å²) in [7, 11) is 0. The van der Waals surface area contributed by atoms with Gasteiger partial charge in [0.1, 0.15) is 11.4 Å². The van der Waals surface area contributed by atoms with Crippen LogP contribution < -0.4 is 15.4 Å². The van der Waals surface area contributed by atoms with Gasteiger partial charge in [0.2, 0.25) is 0 Å². The predicted octanol–water partition coefficient (Wildman–Crippen LogP) is 4.24. The minimum absolute atomic E-state index is 0.185. The van der Waals surface area contributed by atoms with Crippen molar-refractivity contribution in [1.82, 2.24) is 15.6 Å². The zero-order valence-corrected chi connectivity index (χ0v) is 17.5. The van der Waals surface area contributed by atoms with Crippen LogP contribution in [0.3, 0.4) is 0 Å². The normalized spacial score (nSPS) is 18.5. The number of aromatic nitrogens is 1. The number of aliphatic imine (C=N–C) groups is 1. The summed E-state index contributed by atoms with van der Waals surface area (Å²) in [5.41, 5.74) is 2.10. The zero-order chi connectivity index (χ0) is 19.3. The van der Waals surface area contributed by atoms with Crippen LogP contribution in [0.2, 0.25) is 0 Å². The third kappa shape index (κ3) is 5.45. The molecule has 2 aromatic rings. The molecule has 3 rings (SSSR count). The van der Waals surface area contributed by atoms with Crippen LogP contribution in [-0.4, -0.2) is 29.6 Å². The Morgan fingerprint density at radius 2 is 2.19 bits per heavy atom. The highest BCUT2D eigenvalue weighted by Crippen LogP contribution is 2.39. The van der Waals surface area contributed by atoms with Gasteiger partial charge in [-0.3, -0.25) is 4.99 Å². The molecule has 27 heavy (non-hydrogen) atoms. The number of nitrogens with one attached hydrogen (secondary N) is 2. The van der Waals surface area contributed by atoms with Gasteiger partial charge in [-0.1, -0.05) is 18.2 Å². The van der Waals surface area contributed by atoms with Gasteiger partial charge >= 0.3 is 0 Å². The lowest BCUT2D eigenvalue weighted by molar-refractivity contribution is 0.0694. The highest BCUT2D eigenvalue weighted by atomic mass is 32.1. The van der Waals surface area contributed by atoms with Crippen LogP contribution in [0.1, 0.15) is 55.9 Å². The molecule has 0 radical (unpaired) electrons. The fourth-order valence-corrected chi connectivity index (χ4v) is 4.17. The minimum atomic E-state index is -0.202. The number of nitrogens with zero attached hydrogens (tertiary/aromatic N) is 2. The highest BCUT2D eigenvalue weighted by Gasteiger charge is 2.33. The van der Waals surface area contributed by atoms with Gasteiger partial charge in [0, 0.05) is 42.6 Å². The van der Waals surface area contributed by atoms with Gasteiger partial charge in [-0.15, -0.1) is 11.3 Å². The SMILES string of the molecule is CCNC(=NCCCc1nc(C)cs1)NC1CC(C)(C)Oc2ccccc21. The van der Waals surface area contributed by atoms with Crippen molar-refractivity contribution in [3.8, 4) is 5.75 Å². The summed E-state index contributed by atoms with van der Waals surface area (Å²) in [5, 5.41) is 10.3. The average molecular weight is 387 g/mol. The quantitative estimate of drug-likeness (QED) is 0.443. The van der Waals surface area contributed by atoms with Gasteiger partial charge in [-0.2, -0.15) is 0 Å². The van der Waals surface area contributed by atoms with Crippen LogP contribution in [0.4, 0.5) is 0 Å². The number of rotatable bonds is 6. The number of benzene rings is 1. The Bertz CT molecular complexity index is 784. The summed E-state index contributed by atoms with van der Waals surface area (Å²) in [6.07, 6.45) is 2.88. The first-order chi connectivity index (χ1) is 13.0. The van der Waals surface area contributed by atoms with Crippen molar-refractivity contribution in [2.75, 3.05) is 13.1 Å². The number of para-hydroxylation sites is 1. The highest BCUT2D eigenvalue weighted by molar-refractivity contribution is 7.09. The molecule has 2 N–H and O–H groups in total. The van der Waals surface area contributed by atoms with Crippen molar-refractivity contribution in [3.63, 3.8) is 0 Å². The van der Waals surface area contributed by atoms with E-state index in [0.29, 0.717) is 0 Å². The average Bonchev–Trinajstić information content (AvgIpc) is 3.03. The molecule has 0 fully saturated rings. The summed E-state index contributed by atoms with van der Waals surface area (Å²) in [4.78, 5) is 9.30. The van der Waals surface area contributed by atoms with Crippen LogP contribution in [0.25, 0.3) is 0 Å². The molecule has 146 valence electrons. The van der Waals surface area contributed by atoms with E-state index in [1.165, 1.54) is 10.6 Å². The lowest BCUT2D eigenvalue weighted by Gasteiger charge is -2.38. The first kappa shape index (κ1) is 19.7. The Balaban J connectivity index is 1.64. The maximum Gasteiger partial charge on any atom is 0.191 e. The Morgan fingerprint density at radius 3 is 2.93 bits per heavy atom. The molecule has 0 amide bonds. The summed E-state index contributed by atoms with van der Waals surface area (Å²) in [6.45, 7) is 10.0. The summed E-state index contributed by atoms with van der Waals surface area (Å²) in [5.74, 6) is 1.83. The van der Waals surface area contributed by atoms with Crippen molar-refractivity contribution < 1.29 is 4.74 Å². The second kappa shape index (κ2) is 8.74. The van der Waals surface area contributed by atoms with E-state index < -0.39 is 0 Å². The van der Waals surface area contributed by atoms with Crippen LogP contribution >= 0.6 is 11.3 Å². The molecule has 0 saturated carbocycles. The summed E-state index contributed by atoms with van der Waals surface area (Å²) < 4.78 is 6.13. The number of fused-ring (bicyclic) bond motifs is 1. The lowest BCUT2D eigenvalue weighted by atomic mass is 9.90. The van der Waals surface area contributed by atoms with Crippen LogP contribution in [0.15, 0.2) is 34.6 Å². The number of hydrogen-bond acceptors (Lipinski definition) is 4. The van der Waals surface area contributed by atoms with E-state index in [1.54, 1.807) is 11.3 Å². The molecule has 2 heterocycles. The molecule has 1 aliphatic rings. The molecule has 1 aromatic heterocycles. The van der Waals surface area contributed by atoms with Crippen molar-refractivity contribution in [3.05, 3.63) is 45.9 Å². The fourth-order valence-electron chi connectivity index (χ4n) is 3.35. The second-order valence-corrected chi connectivity index (χ2v) is 8.49. The van der Waals surface area contributed by atoms with Crippen molar-refractivity contribution in [2.24, 2.45) is 4.99 Å². The fraction of sp³-hybridized carbons (Fsp3) is 0.524. The molecule has 6 heteroatoms. The lowest BCUT2D eigenvalue weighted by Crippen LogP contribution is -2.45. The Labute approximate surface area is 166 Å². The van der Waals surface area contributed by atoms with E-state index >= 15 is 0 Å². The minimum Gasteiger partial charge on any atom is -0.487 e. The molecule has 0 spiro atoms. The van der Waals surface area contributed by atoms with Crippen molar-refractivity contribution >= 4 is 17.3 Å². The maximum absolute atomic E-state index is 6.13. The molecule has 1 unspecified atom stereocenters. The van der Waals surface area contributed by atoms with Crippen molar-refractivity contribution in [1.29, 1.82) is 0 Å². The monoisotopic (exact) mass is 386 g/mol. The van der Waals surface area contributed by atoms with E-state index in [-0.39, 0.29) is 11.6 Å². The third-order valence-corrected chi connectivity index (χ3v) is 5.54. The van der Waals surface area contributed by atoms with Gasteiger partial charge < -0.3 is 15.4 Å². The summed E-state index contributed by atoms with van der Waals surface area (Å²) >= 11 is 1.73. The molecule has 0 aliphatic carbocycles. The van der Waals surface area contributed by atoms with Crippen molar-refractivity contribution in [2.45, 2.75) is 58.6 Å². The molecule has 0 saturated heterocycles. The number of hydrogen-bond donors (Lipinski definition) is 2. The van der Waals surface area contributed by atoms with Crippen LogP contribution in [0.5, 0.6) is 5.75 Å². The standard InChI is InChI=1S/C21H30N4OS/c1-5-22-20(23-12-8-11-19-24-15(2)14-27-19)25-17-13-21(3,4)26-18-10-7-6-9-16(17)18/h6-7,9-10,14,17H,5,8,11-13H2,1-4H3,(H2,22,23,25). The first-order valence-electron chi connectivity index (χ1n) is 9.70. The largest absolute Gasteiger partial charge is 0.487 e. The van der Waals surface area contributed by atoms with Crippen LogP contribution in [0, 0.1) is 6.92 Å². The van der Waals surface area contributed by atoms with E-state index in [1.807, 2.05) is 19.1 Å². The molecule has 0 bridgehead atoms. The molecular weight excluding hydrogens is 356 g/mol. The van der Waals surface area contributed by atoms with Gasteiger partial charge in [-0.25, -0.2) is 4.98 Å². The predicted molar refractivity (Wildman–Crippen MR) is 113 cm³/mol. The van der Waals surface area contributed by atoms with Gasteiger partial charge in [0.25, 0.3) is 0 Å². The molecule has 1 atom stereocenters. The first-order valence-corrected chi connectivity index (χ1v) is 10.6. The van der Waals surface area contributed by atoms with Gasteiger partial charge in [0.05, 0.1) is 11.0 Å². The smallest absolute Gasteiger partial charge is 0.191 e. The number of guanidine groups is 1. The van der Waals surface area contributed by atoms with Gasteiger partial charge in [0.15, 0.2) is 5.96 Å². The topological polar surface area (TPSA) is 58.5 Å². The number of aryl methyl sites for hydroxylation is 2. The van der Waals surface area contributed by atoms with Crippen LogP contribution in [-0.2, 0) is 6.42 Å². The van der Waals surface area contributed by atoms with E-state index in [9.17, 15) is 0 Å². The zero-order valence-electron chi connectivity index (χ0n) is 16.7. The third-order valence-electron chi connectivity index (χ3n) is 4.52. The number of ether oxygens (including phenoxy) is 1. The maximum atomic E-state index is 6.13. The Kier molecular flexibility index (Phi) is 6.37. The summed E-state index contributed by atoms with van der Waals surface area (Å²) in [6, 6.07) is 8.46. The Morgan fingerprint density at radius 1 is 1.37 bits per heavy atom. The molecular formula is C21H30N4OS. The van der Waals surface area contributed by atoms with E-state index in [2.05, 4.69) is 53.9 Å². The second-order valence-electron chi connectivity index (χ2n) is 7.55. The van der Waals surface area contributed by atoms with E-state index in [4.69, 9.17) is 9.73 Å². The molecule has 1 aromatic carbocycles. The van der Waals surface area contributed by atoms with Gasteiger partial charge in [-0.05, 0) is 40.2 Å². The Hall–Kier alpha value is -2.08. The van der Waals surface area contributed by atoms with E-state index in [0.717, 1.165) is 49.8 Å². The molecule has 5 nitrogen and oxygen atoms in total. The molecule has 1 aliphatic heterocycles. The number of thiazole rings is 1.